The van der Waals surface area contributed by atoms with Crippen LogP contribution in [0.4, 0.5) is 0 Å². The lowest BCUT2D eigenvalue weighted by molar-refractivity contribution is -0.132. The molecule has 43 heavy (non-hydrogen) atoms. The number of carbonyl (C=O) groups excluding carboxylic acids is 6. The third-order valence-electron chi connectivity index (χ3n) is 6.53. The molecule has 0 heterocycles. The number of carbonyl (C=O) groups is 6. The van der Waals surface area contributed by atoms with Crippen LogP contribution in [-0.4, -0.2) is 101 Å². The number of rotatable bonds is 21. The van der Waals surface area contributed by atoms with Gasteiger partial charge in [0.25, 0.3) is 0 Å². The molecule has 0 radical (unpaired) electrons. The van der Waals surface area contributed by atoms with Crippen molar-refractivity contribution in [2.45, 2.75) is 75.7 Å². The van der Waals surface area contributed by atoms with E-state index in [9.17, 15) is 44.1 Å². The molecule has 0 aliphatic rings. The molecule has 0 aromatic heterocycles. The van der Waals surface area contributed by atoms with Crippen molar-refractivity contribution < 1.29 is 46.9 Å². The largest absolute Gasteiger partial charge is 0.508 e. The summed E-state index contributed by atoms with van der Waals surface area (Å²) in [5.74, 6) is -3.82. The summed E-state index contributed by atoms with van der Waals surface area (Å²) < 4.78 is 0. The molecule has 1 aromatic carbocycles. The number of phenolic OH excluding ortho intramolecular Hbond substituents is 1. The highest BCUT2D eigenvalue weighted by atomic mass is 16.3. The minimum Gasteiger partial charge on any atom is -0.508 e. The molecule has 0 fully saturated rings. The van der Waals surface area contributed by atoms with Gasteiger partial charge in [-0.1, -0.05) is 12.1 Å². The Labute approximate surface area is 252 Å². The number of nitrogens with one attached hydrogen (secondary N) is 4. The Morgan fingerprint density at radius 3 is 1.93 bits per heavy atom. The number of aliphatic hydroxyl groups is 2. The Morgan fingerprint density at radius 1 is 0.814 bits per heavy atom. The minimum atomic E-state index is -1.39. The first-order chi connectivity index (χ1) is 20.3. The summed E-state index contributed by atoms with van der Waals surface area (Å²) in [5, 5.41) is 38.3. The van der Waals surface area contributed by atoms with Crippen molar-refractivity contribution in [1.82, 2.24) is 21.3 Å². The van der Waals surface area contributed by atoms with Gasteiger partial charge in [0, 0.05) is 22.2 Å². The zero-order valence-electron chi connectivity index (χ0n) is 24.1. The van der Waals surface area contributed by atoms with E-state index in [2.05, 4.69) is 21.3 Å². The number of aliphatic hydroxyl groups excluding tert-OH is 2. The highest BCUT2D eigenvalue weighted by Crippen LogP contribution is 2.11. The van der Waals surface area contributed by atoms with Gasteiger partial charge in [-0.15, -0.1) is 0 Å². The van der Waals surface area contributed by atoms with Gasteiger partial charge in [0.05, 0.1) is 25.3 Å². The standard InChI is InChI=1S/C27H43N7O9.2H2/c1-15(37)19(32-21(13-35)25(30)41)9-10-23(39)31-11-3-2-4-18(28)26(42)34-22(14-36)27(43)33-20(24(29)40)12-16-5-7-17(38)8-6-16;;/h5-8,18-22,32,35-36,38H,2-4,9-14,28H2,1H3,(H2,29,40)(H2,30,41)(H,31,39)(H,33,43)(H,34,42);2*1H/t18?,19?,20-,21-,22-;;/m0../s1. The van der Waals surface area contributed by atoms with Crippen LogP contribution in [0.25, 0.3) is 0 Å². The Balaban J connectivity index is 0. The molecule has 2 unspecified atom stereocenters. The molecule has 244 valence electrons. The van der Waals surface area contributed by atoms with E-state index in [-0.39, 0.29) is 52.5 Å². The predicted octanol–water partition coefficient (Wildman–Crippen LogP) is -3.34. The normalized spacial score (nSPS) is 14.4. The number of primary amides is 2. The second-order valence-corrected chi connectivity index (χ2v) is 10.0. The molecule has 16 nitrogen and oxygen atoms in total. The molecule has 13 N–H and O–H groups in total. The maximum atomic E-state index is 12.6. The van der Waals surface area contributed by atoms with Crippen molar-refractivity contribution in [2.24, 2.45) is 17.2 Å². The number of phenols is 1. The summed E-state index contributed by atoms with van der Waals surface area (Å²) in [7, 11) is 0. The predicted molar refractivity (Wildman–Crippen MR) is 158 cm³/mol. The smallest absolute Gasteiger partial charge is 0.245 e. The molecule has 0 saturated carbocycles. The first kappa shape index (κ1) is 36.9. The lowest BCUT2D eigenvalue weighted by Gasteiger charge is -2.22. The van der Waals surface area contributed by atoms with Gasteiger partial charge in [-0.05, 0) is 50.3 Å². The SMILES string of the molecule is CC(=O)C(CCC(=O)NCCCCC(N)C(=O)N[C@@H](CO)C(=O)N[C@@H](Cc1ccc(O)cc1)C(N)=O)N[C@@H](CO)C(N)=O.[HH].[HH]. The van der Waals surface area contributed by atoms with Crippen molar-refractivity contribution in [3.05, 3.63) is 29.8 Å². The van der Waals surface area contributed by atoms with Crippen LogP contribution in [0.5, 0.6) is 5.75 Å². The number of hydrogen-bond donors (Lipinski definition) is 10. The molecular formula is C27H47N7O9. The fourth-order valence-corrected chi connectivity index (χ4v) is 3.92. The summed E-state index contributed by atoms with van der Waals surface area (Å²) in [6.07, 6.45) is 1.21. The van der Waals surface area contributed by atoms with Crippen LogP contribution >= 0.6 is 0 Å². The molecule has 5 atom stereocenters. The second-order valence-electron chi connectivity index (χ2n) is 10.0. The molecule has 0 spiro atoms. The van der Waals surface area contributed by atoms with Crippen molar-refractivity contribution in [3.63, 3.8) is 0 Å². The maximum absolute atomic E-state index is 12.6. The topological polar surface area (TPSA) is 289 Å². The van der Waals surface area contributed by atoms with Crippen molar-refractivity contribution >= 4 is 35.3 Å². The maximum Gasteiger partial charge on any atom is 0.245 e. The lowest BCUT2D eigenvalue weighted by atomic mass is 10.0. The first-order valence-corrected chi connectivity index (χ1v) is 13.8. The van der Waals surface area contributed by atoms with Crippen molar-refractivity contribution in [2.75, 3.05) is 19.8 Å². The van der Waals surface area contributed by atoms with E-state index in [4.69, 9.17) is 17.2 Å². The summed E-state index contributed by atoms with van der Waals surface area (Å²) in [4.78, 5) is 72.1. The third-order valence-corrected chi connectivity index (χ3v) is 6.53. The van der Waals surface area contributed by atoms with Gasteiger partial charge >= 0.3 is 0 Å². The van der Waals surface area contributed by atoms with Gasteiger partial charge < -0.3 is 48.5 Å². The number of amides is 5. The molecule has 1 rings (SSSR count). The molecule has 0 aliphatic carbocycles. The Bertz CT molecular complexity index is 1110. The van der Waals surface area contributed by atoms with Crippen LogP contribution in [0.15, 0.2) is 24.3 Å². The number of Topliss-reactive ketones (excluding diaryl/α,β-unsaturated/α-hetero) is 1. The molecule has 1 aromatic rings. The fraction of sp³-hybridized carbons (Fsp3) is 0.556. The van der Waals surface area contributed by atoms with Crippen molar-refractivity contribution in [1.29, 1.82) is 0 Å². The van der Waals surface area contributed by atoms with E-state index in [1.54, 1.807) is 12.1 Å². The first-order valence-electron chi connectivity index (χ1n) is 13.8. The number of ketones is 1. The Hall–Kier alpha value is -4.12. The van der Waals surface area contributed by atoms with E-state index in [0.717, 1.165) is 0 Å². The fourth-order valence-electron chi connectivity index (χ4n) is 3.92. The van der Waals surface area contributed by atoms with Crippen molar-refractivity contribution in [3.8, 4) is 5.75 Å². The number of aromatic hydroxyl groups is 1. The Kier molecular flexibility index (Phi) is 16.4. The molecule has 0 saturated heterocycles. The van der Waals surface area contributed by atoms with Crippen LogP contribution in [0.3, 0.4) is 0 Å². The van der Waals surface area contributed by atoms with Gasteiger partial charge in [-0.25, -0.2) is 0 Å². The average molecular weight is 614 g/mol. The van der Waals surface area contributed by atoms with Crippen LogP contribution in [0, 0.1) is 0 Å². The van der Waals surface area contributed by atoms with Gasteiger partial charge in [0.1, 0.15) is 29.7 Å². The summed E-state index contributed by atoms with van der Waals surface area (Å²) in [6, 6.07) is 0.446. The van der Waals surface area contributed by atoms with Crippen LogP contribution in [-0.2, 0) is 35.2 Å². The lowest BCUT2D eigenvalue weighted by Crippen LogP contribution is -2.57. The number of hydrogen-bond acceptors (Lipinski definition) is 11. The van der Waals surface area contributed by atoms with E-state index in [0.29, 0.717) is 18.4 Å². The van der Waals surface area contributed by atoms with Gasteiger partial charge in [0.15, 0.2) is 0 Å². The molecular weight excluding hydrogens is 566 g/mol. The van der Waals surface area contributed by atoms with E-state index in [1.165, 1.54) is 19.1 Å². The highest BCUT2D eigenvalue weighted by molar-refractivity contribution is 5.93. The zero-order chi connectivity index (χ0) is 32.5. The quantitative estimate of drug-likeness (QED) is 0.0611. The zero-order valence-corrected chi connectivity index (χ0v) is 24.1. The second kappa shape index (κ2) is 19.1. The van der Waals surface area contributed by atoms with Crippen LogP contribution < -0.4 is 38.5 Å². The third kappa shape index (κ3) is 14.1. The molecule has 0 aliphatic heterocycles. The van der Waals surface area contributed by atoms with Gasteiger partial charge in [-0.2, -0.15) is 0 Å². The average Bonchev–Trinajstić information content (AvgIpc) is 2.95. The summed E-state index contributed by atoms with van der Waals surface area (Å²) >= 11 is 0. The number of unbranched alkanes of at least 4 members (excludes halogenated alkanes) is 1. The number of benzene rings is 1. The van der Waals surface area contributed by atoms with Gasteiger partial charge in [-0.3, -0.25) is 34.1 Å². The van der Waals surface area contributed by atoms with Crippen LogP contribution in [0.2, 0.25) is 0 Å². The van der Waals surface area contributed by atoms with Crippen LogP contribution in [0.1, 0.15) is 47.4 Å². The number of nitrogens with two attached hydrogens (primary N) is 3. The monoisotopic (exact) mass is 613 g/mol. The Morgan fingerprint density at radius 2 is 1.40 bits per heavy atom. The minimum absolute atomic E-state index is 0. The van der Waals surface area contributed by atoms with E-state index < -0.39 is 67.1 Å². The van der Waals surface area contributed by atoms with Gasteiger partial charge in [0.2, 0.25) is 29.5 Å². The molecule has 0 bridgehead atoms. The van der Waals surface area contributed by atoms with E-state index in [1.807, 2.05) is 0 Å². The van der Waals surface area contributed by atoms with E-state index >= 15 is 0 Å². The summed E-state index contributed by atoms with van der Waals surface area (Å²) in [6.45, 7) is 0.210. The summed E-state index contributed by atoms with van der Waals surface area (Å²) in [5.41, 5.74) is 17.1. The molecule has 16 heteroatoms. The highest BCUT2D eigenvalue weighted by Gasteiger charge is 2.27. The molecule has 5 amide bonds.